The third-order valence-electron chi connectivity index (χ3n) is 3.45. The molecule has 2 unspecified atom stereocenters. The summed E-state index contributed by atoms with van der Waals surface area (Å²) >= 11 is 18.1. The number of nitrogens with zero attached hydrogens (tertiary/aromatic N) is 3. The predicted octanol–water partition coefficient (Wildman–Crippen LogP) is 2.38. The second-order valence-electron chi connectivity index (χ2n) is 5.09. The molecule has 7 nitrogen and oxygen atoms in total. The summed E-state index contributed by atoms with van der Waals surface area (Å²) in [5.74, 6) is -0.789. The topological polar surface area (TPSA) is 84.4 Å². The number of hydrogen-bond acceptors (Lipinski definition) is 5. The van der Waals surface area contributed by atoms with Crippen molar-refractivity contribution in [3.8, 4) is 5.88 Å². The predicted molar refractivity (Wildman–Crippen MR) is 91.4 cm³/mol. The van der Waals surface area contributed by atoms with Crippen LogP contribution in [0.3, 0.4) is 0 Å². The van der Waals surface area contributed by atoms with Crippen LogP contribution in [-0.4, -0.2) is 38.8 Å². The van der Waals surface area contributed by atoms with Gasteiger partial charge in [-0.25, -0.2) is 9.99 Å². The molecular weight excluding hydrogens is 391 g/mol. The van der Waals surface area contributed by atoms with Crippen LogP contribution in [0, 0.1) is 0 Å². The van der Waals surface area contributed by atoms with E-state index in [0.29, 0.717) is 15.6 Å². The van der Waals surface area contributed by atoms with Crippen molar-refractivity contribution >= 4 is 46.6 Å². The van der Waals surface area contributed by atoms with Gasteiger partial charge in [0.1, 0.15) is 11.4 Å². The third-order valence-corrected chi connectivity index (χ3v) is 4.43. The number of aromatic nitrogens is 2. The molecule has 1 N–H and O–H groups in total. The number of carbonyl (C=O) groups is 2. The molecule has 0 saturated carbocycles. The Morgan fingerprint density at radius 3 is 2.80 bits per heavy atom. The van der Waals surface area contributed by atoms with Crippen LogP contribution in [0.1, 0.15) is 11.6 Å². The molecule has 130 valence electrons. The van der Waals surface area contributed by atoms with E-state index in [-0.39, 0.29) is 12.5 Å². The van der Waals surface area contributed by atoms with E-state index < -0.39 is 23.2 Å². The van der Waals surface area contributed by atoms with Crippen molar-refractivity contribution in [3.05, 3.63) is 52.4 Å². The standard InChI is InChI=1S/C15H11Cl3N4O3/c16-8-1-2-9(10(17)5-8)14-13(18)15(24)22(14)21-11(23)7-25-12-6-19-3-4-20-12/h1-6,13-14H,7H2,(H,21,23). The van der Waals surface area contributed by atoms with Crippen molar-refractivity contribution in [2.24, 2.45) is 0 Å². The number of rotatable bonds is 5. The number of halogens is 3. The van der Waals surface area contributed by atoms with Crippen LogP contribution in [0.5, 0.6) is 5.88 Å². The van der Waals surface area contributed by atoms with Gasteiger partial charge in [-0.1, -0.05) is 29.3 Å². The molecule has 0 aliphatic carbocycles. The highest BCUT2D eigenvalue weighted by molar-refractivity contribution is 6.36. The number of alkyl halides is 1. The summed E-state index contributed by atoms with van der Waals surface area (Å²) in [5.41, 5.74) is 3.04. The molecule has 2 amide bonds. The van der Waals surface area contributed by atoms with Gasteiger partial charge in [0, 0.05) is 22.4 Å². The molecule has 3 rings (SSSR count). The highest BCUT2D eigenvalue weighted by atomic mass is 35.5. The number of ether oxygens (including phenoxy) is 1. The van der Waals surface area contributed by atoms with E-state index in [1.807, 2.05) is 0 Å². The first-order valence-electron chi connectivity index (χ1n) is 7.08. The molecular formula is C15H11Cl3N4O3. The van der Waals surface area contributed by atoms with Crippen LogP contribution in [0.15, 0.2) is 36.8 Å². The van der Waals surface area contributed by atoms with Crippen LogP contribution in [0.4, 0.5) is 0 Å². The van der Waals surface area contributed by atoms with Crippen molar-refractivity contribution in [3.63, 3.8) is 0 Å². The number of hydrogen-bond donors (Lipinski definition) is 1. The Hall–Kier alpha value is -2.09. The van der Waals surface area contributed by atoms with Gasteiger partial charge >= 0.3 is 0 Å². The quantitative estimate of drug-likeness (QED) is 0.614. The summed E-state index contributed by atoms with van der Waals surface area (Å²) in [6.45, 7) is -0.337. The zero-order chi connectivity index (χ0) is 18.0. The molecule has 0 bridgehead atoms. The maximum atomic E-state index is 12.0. The molecule has 1 aromatic heterocycles. The number of carbonyl (C=O) groups excluding carboxylic acids is 2. The normalized spacial score (nSPS) is 19.3. The smallest absolute Gasteiger partial charge is 0.276 e. The second kappa shape index (κ2) is 7.43. The Balaban J connectivity index is 1.66. The van der Waals surface area contributed by atoms with E-state index in [0.717, 1.165) is 5.01 Å². The van der Waals surface area contributed by atoms with Gasteiger partial charge in [0.15, 0.2) is 6.61 Å². The summed E-state index contributed by atoms with van der Waals surface area (Å²) < 4.78 is 5.18. The molecule has 0 radical (unpaired) electrons. The van der Waals surface area contributed by atoms with Crippen LogP contribution in [0.25, 0.3) is 0 Å². The van der Waals surface area contributed by atoms with Crippen LogP contribution < -0.4 is 10.2 Å². The molecule has 2 aromatic rings. The average Bonchev–Trinajstić information content (AvgIpc) is 2.61. The maximum absolute atomic E-state index is 12.0. The fraction of sp³-hybridized carbons (Fsp3) is 0.200. The van der Waals surface area contributed by atoms with Gasteiger partial charge < -0.3 is 4.74 Å². The summed E-state index contributed by atoms with van der Waals surface area (Å²) in [6.07, 6.45) is 4.28. The van der Waals surface area contributed by atoms with Crippen molar-refractivity contribution in [1.82, 2.24) is 20.4 Å². The van der Waals surface area contributed by atoms with Crippen LogP contribution in [0.2, 0.25) is 10.0 Å². The zero-order valence-electron chi connectivity index (χ0n) is 12.5. The number of β-lactam (4-membered cyclic amide) rings is 1. The van der Waals surface area contributed by atoms with E-state index >= 15 is 0 Å². The summed E-state index contributed by atoms with van der Waals surface area (Å²) in [5, 5.41) is 1.10. The molecule has 25 heavy (non-hydrogen) atoms. The van der Waals surface area contributed by atoms with Gasteiger partial charge in [0.2, 0.25) is 5.88 Å². The lowest BCUT2D eigenvalue weighted by Gasteiger charge is -2.44. The van der Waals surface area contributed by atoms with Crippen molar-refractivity contribution in [2.75, 3.05) is 6.61 Å². The minimum Gasteiger partial charge on any atom is -0.466 e. The molecule has 1 aliphatic heterocycles. The number of amides is 2. The molecule has 10 heteroatoms. The largest absolute Gasteiger partial charge is 0.466 e. The fourth-order valence-electron chi connectivity index (χ4n) is 2.28. The minimum atomic E-state index is -0.833. The lowest BCUT2D eigenvalue weighted by Crippen LogP contribution is -2.63. The fourth-order valence-corrected chi connectivity index (χ4v) is 3.16. The number of hydrazine groups is 1. The Morgan fingerprint density at radius 1 is 1.32 bits per heavy atom. The summed E-state index contributed by atoms with van der Waals surface area (Å²) in [4.78, 5) is 31.7. The van der Waals surface area contributed by atoms with Gasteiger partial charge in [-0.15, -0.1) is 11.6 Å². The van der Waals surface area contributed by atoms with Crippen LogP contribution >= 0.6 is 34.8 Å². The Bertz CT molecular complexity index is 806. The van der Waals surface area contributed by atoms with Crippen molar-refractivity contribution in [1.29, 1.82) is 0 Å². The average molecular weight is 402 g/mol. The number of benzene rings is 1. The molecule has 2 heterocycles. The first-order valence-corrected chi connectivity index (χ1v) is 8.27. The van der Waals surface area contributed by atoms with Gasteiger partial charge in [-0.3, -0.25) is 20.0 Å². The second-order valence-corrected chi connectivity index (χ2v) is 6.40. The molecule has 2 atom stereocenters. The van der Waals surface area contributed by atoms with Gasteiger partial charge in [0.05, 0.1) is 6.20 Å². The lowest BCUT2D eigenvalue weighted by molar-refractivity contribution is -0.157. The number of nitrogens with one attached hydrogen (secondary N) is 1. The Morgan fingerprint density at radius 2 is 2.12 bits per heavy atom. The van der Waals surface area contributed by atoms with E-state index in [4.69, 9.17) is 39.5 Å². The Kier molecular flexibility index (Phi) is 5.27. The van der Waals surface area contributed by atoms with E-state index in [1.54, 1.807) is 18.2 Å². The lowest BCUT2D eigenvalue weighted by atomic mass is 9.95. The molecule has 1 saturated heterocycles. The van der Waals surface area contributed by atoms with E-state index in [9.17, 15) is 9.59 Å². The minimum absolute atomic E-state index is 0.195. The highest BCUT2D eigenvalue weighted by Crippen LogP contribution is 2.40. The summed E-state index contributed by atoms with van der Waals surface area (Å²) in [7, 11) is 0. The maximum Gasteiger partial charge on any atom is 0.276 e. The van der Waals surface area contributed by atoms with Crippen molar-refractivity contribution < 1.29 is 14.3 Å². The first kappa shape index (κ1) is 17.7. The van der Waals surface area contributed by atoms with E-state index in [1.165, 1.54) is 18.6 Å². The first-order chi connectivity index (χ1) is 12.0. The Labute approximate surface area is 157 Å². The summed E-state index contributed by atoms with van der Waals surface area (Å²) in [6, 6.07) is 4.24. The van der Waals surface area contributed by atoms with Gasteiger partial charge in [0.25, 0.3) is 11.8 Å². The monoisotopic (exact) mass is 400 g/mol. The zero-order valence-corrected chi connectivity index (χ0v) is 14.8. The highest BCUT2D eigenvalue weighted by Gasteiger charge is 2.49. The SMILES string of the molecule is O=C(COc1cnccn1)NN1C(=O)C(Cl)C1c1ccc(Cl)cc1Cl. The third kappa shape index (κ3) is 3.78. The van der Waals surface area contributed by atoms with Crippen LogP contribution in [-0.2, 0) is 9.59 Å². The van der Waals surface area contributed by atoms with Crippen molar-refractivity contribution in [2.45, 2.75) is 11.4 Å². The van der Waals surface area contributed by atoms with Gasteiger partial charge in [-0.2, -0.15) is 0 Å². The van der Waals surface area contributed by atoms with E-state index in [2.05, 4.69) is 15.4 Å². The van der Waals surface area contributed by atoms with Gasteiger partial charge in [-0.05, 0) is 17.7 Å². The molecule has 1 aliphatic rings. The molecule has 0 spiro atoms. The molecule has 1 aromatic carbocycles. The molecule has 1 fully saturated rings.